The van der Waals surface area contributed by atoms with Gasteiger partial charge in [0.1, 0.15) is 17.4 Å². The summed E-state index contributed by atoms with van der Waals surface area (Å²) in [4.78, 5) is 23.4. The van der Waals surface area contributed by atoms with Gasteiger partial charge in [-0.15, -0.1) is 0 Å². The average molecular weight is 453 g/mol. The number of nitrogens with one attached hydrogen (secondary N) is 1. The average Bonchev–Trinajstić information content (AvgIpc) is 2.77. The van der Waals surface area contributed by atoms with Crippen molar-refractivity contribution in [3.63, 3.8) is 0 Å². The molecule has 174 valence electrons. The number of hydrogen-bond acceptors (Lipinski definition) is 6. The zero-order chi connectivity index (χ0) is 23.5. The number of fused-ring (bicyclic) bond motifs is 1. The molecule has 1 amide bonds. The second kappa shape index (κ2) is 9.60. The Labute approximate surface area is 192 Å². The first-order valence-electron chi connectivity index (χ1n) is 11.3. The standard InChI is InChI=1S/C25H29FN4O3/c1-15(2)14-33-25(32)27-17-9-11-30(12-10-17)24-18-8-7-16(3)13-20(18)28-23(29-24)22-19(26)5-4-6-21(22)31/h4-8,13,15,17,31H,9-12,14H2,1-3H3,(H,27,32). The smallest absolute Gasteiger partial charge is 0.407 e. The monoisotopic (exact) mass is 452 g/mol. The highest BCUT2D eigenvalue weighted by Crippen LogP contribution is 2.34. The molecule has 33 heavy (non-hydrogen) atoms. The Morgan fingerprint density at radius 3 is 2.70 bits per heavy atom. The van der Waals surface area contributed by atoms with Gasteiger partial charge in [0.15, 0.2) is 5.82 Å². The van der Waals surface area contributed by atoms with Gasteiger partial charge in [0.2, 0.25) is 0 Å². The number of nitrogens with zero attached hydrogens (tertiary/aromatic N) is 3. The maximum Gasteiger partial charge on any atom is 0.407 e. The third kappa shape index (κ3) is 5.16. The van der Waals surface area contributed by atoms with Crippen LogP contribution in [0.5, 0.6) is 5.75 Å². The van der Waals surface area contributed by atoms with E-state index in [9.17, 15) is 14.3 Å². The SMILES string of the molecule is Cc1ccc2c(N3CCC(NC(=O)OCC(C)C)CC3)nc(-c3c(O)cccc3F)nc2c1. The lowest BCUT2D eigenvalue weighted by Gasteiger charge is -2.33. The molecular formula is C25H29FN4O3. The van der Waals surface area contributed by atoms with E-state index in [2.05, 4.69) is 20.2 Å². The van der Waals surface area contributed by atoms with E-state index in [1.54, 1.807) is 0 Å². The molecule has 2 aromatic carbocycles. The Morgan fingerprint density at radius 1 is 1.24 bits per heavy atom. The summed E-state index contributed by atoms with van der Waals surface area (Å²) in [5.41, 5.74) is 1.71. The maximum atomic E-state index is 14.6. The lowest BCUT2D eigenvalue weighted by atomic mass is 10.0. The summed E-state index contributed by atoms with van der Waals surface area (Å²) in [6.07, 6.45) is 1.07. The largest absolute Gasteiger partial charge is 0.507 e. The van der Waals surface area contributed by atoms with Gasteiger partial charge in [0, 0.05) is 24.5 Å². The third-order valence-corrected chi connectivity index (χ3v) is 5.71. The number of aromatic nitrogens is 2. The zero-order valence-corrected chi connectivity index (χ0v) is 19.1. The van der Waals surface area contributed by atoms with Crippen LogP contribution in [0.1, 0.15) is 32.3 Å². The van der Waals surface area contributed by atoms with Crippen LogP contribution < -0.4 is 10.2 Å². The van der Waals surface area contributed by atoms with Gasteiger partial charge in [-0.2, -0.15) is 0 Å². The Hall–Kier alpha value is -3.42. The molecule has 0 bridgehead atoms. The molecule has 1 fully saturated rings. The molecule has 0 radical (unpaired) electrons. The second-order valence-corrected chi connectivity index (χ2v) is 8.92. The molecule has 0 atom stereocenters. The minimum atomic E-state index is -0.573. The fourth-order valence-corrected chi connectivity index (χ4v) is 4.00. The van der Waals surface area contributed by atoms with Crippen LogP contribution in [0.25, 0.3) is 22.3 Å². The van der Waals surface area contributed by atoms with Gasteiger partial charge in [-0.1, -0.05) is 26.0 Å². The van der Waals surface area contributed by atoms with Crippen molar-refractivity contribution in [2.45, 2.75) is 39.7 Å². The lowest BCUT2D eigenvalue weighted by molar-refractivity contribution is 0.128. The number of anilines is 1. The number of benzene rings is 2. The van der Waals surface area contributed by atoms with Crippen molar-refractivity contribution in [1.82, 2.24) is 15.3 Å². The van der Waals surface area contributed by atoms with Crippen molar-refractivity contribution in [3.8, 4) is 17.1 Å². The number of hydrogen-bond donors (Lipinski definition) is 2. The van der Waals surface area contributed by atoms with E-state index in [4.69, 9.17) is 4.74 Å². The summed E-state index contributed by atoms with van der Waals surface area (Å²) in [5.74, 6) is 0.358. The van der Waals surface area contributed by atoms with Crippen LogP contribution in [0, 0.1) is 18.7 Å². The molecule has 0 spiro atoms. The molecule has 0 aliphatic carbocycles. The number of aromatic hydroxyl groups is 1. The third-order valence-electron chi connectivity index (χ3n) is 5.71. The summed E-state index contributed by atoms with van der Waals surface area (Å²) in [5, 5.41) is 14.1. The molecular weight excluding hydrogens is 423 g/mol. The van der Waals surface area contributed by atoms with Gasteiger partial charge in [-0.25, -0.2) is 19.2 Å². The van der Waals surface area contributed by atoms with Gasteiger partial charge in [0.25, 0.3) is 0 Å². The van der Waals surface area contributed by atoms with Crippen molar-refractivity contribution >= 4 is 22.8 Å². The number of rotatable bonds is 5. The molecule has 7 nitrogen and oxygen atoms in total. The minimum absolute atomic E-state index is 0.00777. The number of carbonyl (C=O) groups is 1. The molecule has 4 rings (SSSR count). The Kier molecular flexibility index (Phi) is 6.62. The Balaban J connectivity index is 1.60. The van der Waals surface area contributed by atoms with E-state index in [1.807, 2.05) is 39.0 Å². The fraction of sp³-hybridized carbons (Fsp3) is 0.400. The molecule has 0 saturated carbocycles. The van der Waals surface area contributed by atoms with Crippen LogP contribution in [0.3, 0.4) is 0 Å². The first kappa shape index (κ1) is 22.8. The summed E-state index contributed by atoms with van der Waals surface area (Å²) >= 11 is 0. The number of alkyl carbamates (subject to hydrolysis) is 1. The van der Waals surface area contributed by atoms with E-state index >= 15 is 0 Å². The number of piperidine rings is 1. The number of amides is 1. The first-order valence-corrected chi connectivity index (χ1v) is 11.3. The first-order chi connectivity index (χ1) is 15.8. The number of ether oxygens (including phenoxy) is 1. The second-order valence-electron chi connectivity index (χ2n) is 8.92. The summed E-state index contributed by atoms with van der Waals surface area (Å²) < 4.78 is 19.8. The Morgan fingerprint density at radius 2 is 2.00 bits per heavy atom. The lowest BCUT2D eigenvalue weighted by Crippen LogP contribution is -2.45. The zero-order valence-electron chi connectivity index (χ0n) is 19.1. The minimum Gasteiger partial charge on any atom is -0.507 e. The van der Waals surface area contributed by atoms with Crippen molar-refractivity contribution in [2.75, 3.05) is 24.6 Å². The van der Waals surface area contributed by atoms with E-state index < -0.39 is 5.82 Å². The van der Waals surface area contributed by atoms with Crippen molar-refractivity contribution < 1.29 is 19.0 Å². The fourth-order valence-electron chi connectivity index (χ4n) is 4.00. The molecule has 2 N–H and O–H groups in total. The number of phenols is 1. The normalized spacial score (nSPS) is 14.6. The van der Waals surface area contributed by atoms with Crippen LogP contribution in [0.2, 0.25) is 0 Å². The molecule has 1 saturated heterocycles. The van der Waals surface area contributed by atoms with E-state index in [0.29, 0.717) is 31.0 Å². The van der Waals surface area contributed by atoms with Crippen LogP contribution in [-0.4, -0.2) is 46.9 Å². The van der Waals surface area contributed by atoms with Crippen LogP contribution >= 0.6 is 0 Å². The predicted octanol–water partition coefficient (Wildman–Crippen LogP) is 4.80. The quantitative estimate of drug-likeness (QED) is 0.578. The highest BCUT2D eigenvalue weighted by Gasteiger charge is 2.25. The molecule has 0 unspecified atom stereocenters. The van der Waals surface area contributed by atoms with Crippen molar-refractivity contribution in [1.29, 1.82) is 0 Å². The molecule has 1 aliphatic heterocycles. The van der Waals surface area contributed by atoms with Gasteiger partial charge in [0.05, 0.1) is 17.7 Å². The molecule has 8 heteroatoms. The van der Waals surface area contributed by atoms with E-state index in [0.717, 1.165) is 23.8 Å². The molecule has 1 aliphatic rings. The number of halogens is 1. The van der Waals surface area contributed by atoms with E-state index in [-0.39, 0.29) is 35.2 Å². The number of carbonyl (C=O) groups excluding carboxylic acids is 1. The summed E-state index contributed by atoms with van der Waals surface area (Å²) in [7, 11) is 0. The van der Waals surface area contributed by atoms with Gasteiger partial charge < -0.3 is 20.1 Å². The van der Waals surface area contributed by atoms with Crippen molar-refractivity contribution in [2.24, 2.45) is 5.92 Å². The predicted molar refractivity (Wildman–Crippen MR) is 126 cm³/mol. The van der Waals surface area contributed by atoms with Crippen molar-refractivity contribution in [3.05, 3.63) is 47.8 Å². The molecule has 3 aromatic rings. The highest BCUT2D eigenvalue weighted by atomic mass is 19.1. The van der Waals surface area contributed by atoms with Crippen LogP contribution in [0.15, 0.2) is 36.4 Å². The number of aryl methyl sites for hydroxylation is 1. The topological polar surface area (TPSA) is 87.6 Å². The summed E-state index contributed by atoms with van der Waals surface area (Å²) in [6.45, 7) is 7.68. The van der Waals surface area contributed by atoms with E-state index in [1.165, 1.54) is 18.2 Å². The molecule has 1 aromatic heterocycles. The van der Waals surface area contributed by atoms with Crippen LogP contribution in [0.4, 0.5) is 15.0 Å². The number of phenolic OH excluding ortho intramolecular Hbond substituents is 1. The van der Waals surface area contributed by atoms with Gasteiger partial charge in [-0.05, 0) is 55.5 Å². The summed E-state index contributed by atoms with van der Waals surface area (Å²) in [6, 6.07) is 10.1. The van der Waals surface area contributed by atoms with Gasteiger partial charge >= 0.3 is 6.09 Å². The van der Waals surface area contributed by atoms with Crippen LogP contribution in [-0.2, 0) is 4.74 Å². The maximum absolute atomic E-state index is 14.6. The van der Waals surface area contributed by atoms with Gasteiger partial charge in [-0.3, -0.25) is 0 Å². The highest BCUT2D eigenvalue weighted by molar-refractivity contribution is 5.92. The Bertz CT molecular complexity index is 1140. The molecule has 2 heterocycles.